The number of likely N-dealkylation sites (N-methyl/N-ethyl adjacent to an activating group) is 1. The Labute approximate surface area is 138 Å². The van der Waals surface area contributed by atoms with Crippen molar-refractivity contribution in [1.82, 2.24) is 5.32 Å². The van der Waals surface area contributed by atoms with Crippen molar-refractivity contribution in [2.24, 2.45) is 0 Å². The van der Waals surface area contributed by atoms with Gasteiger partial charge >= 0.3 is 0 Å². The monoisotopic (exact) mass is 371 g/mol. The van der Waals surface area contributed by atoms with Crippen molar-refractivity contribution in [3.63, 3.8) is 0 Å². The van der Waals surface area contributed by atoms with Crippen molar-refractivity contribution >= 4 is 39.1 Å². The Kier molecular flexibility index (Phi) is 5.91. The number of rotatable bonds is 5. The van der Waals surface area contributed by atoms with Crippen molar-refractivity contribution in [3.8, 4) is 0 Å². The molecule has 20 heavy (non-hydrogen) atoms. The Balaban J connectivity index is 2.11. The zero-order chi connectivity index (χ0) is 14.5. The highest BCUT2D eigenvalue weighted by Crippen LogP contribution is 2.26. The molecule has 2 aromatic carbocycles. The van der Waals surface area contributed by atoms with Crippen molar-refractivity contribution in [2.45, 2.75) is 18.9 Å². The minimum absolute atomic E-state index is 0.300. The van der Waals surface area contributed by atoms with E-state index in [1.165, 1.54) is 5.56 Å². The molecule has 1 unspecified atom stereocenters. The van der Waals surface area contributed by atoms with E-state index in [2.05, 4.69) is 45.5 Å². The van der Waals surface area contributed by atoms with Gasteiger partial charge in [-0.3, -0.25) is 0 Å². The maximum absolute atomic E-state index is 6.24. The first-order chi connectivity index (χ1) is 9.60. The van der Waals surface area contributed by atoms with Crippen LogP contribution in [0.5, 0.6) is 0 Å². The number of benzene rings is 2. The lowest BCUT2D eigenvalue weighted by molar-refractivity contribution is 0.556. The van der Waals surface area contributed by atoms with Gasteiger partial charge < -0.3 is 5.32 Å². The lowest BCUT2D eigenvalue weighted by atomic mass is 9.99. The quantitative estimate of drug-likeness (QED) is 0.767. The normalized spacial score (nSPS) is 12.4. The molecule has 0 spiro atoms. The summed E-state index contributed by atoms with van der Waals surface area (Å²) in [7, 11) is 1.97. The second-order valence-corrected chi connectivity index (χ2v) is 6.45. The molecule has 0 bridgehead atoms. The van der Waals surface area contributed by atoms with Crippen molar-refractivity contribution in [2.75, 3.05) is 7.05 Å². The Morgan fingerprint density at radius 3 is 2.15 bits per heavy atom. The Bertz CT molecular complexity index is 549. The number of hydrogen-bond acceptors (Lipinski definition) is 1. The maximum atomic E-state index is 6.24. The minimum atomic E-state index is 0.300. The van der Waals surface area contributed by atoms with E-state index in [0.29, 0.717) is 6.04 Å². The van der Waals surface area contributed by atoms with E-state index in [-0.39, 0.29) is 0 Å². The van der Waals surface area contributed by atoms with Crippen LogP contribution in [0.2, 0.25) is 10.0 Å². The first kappa shape index (κ1) is 15.8. The largest absolute Gasteiger partial charge is 0.316 e. The predicted octanol–water partition coefficient (Wildman–Crippen LogP) is 5.13. The maximum Gasteiger partial charge on any atom is 0.0453 e. The molecular formula is C16H16BrCl2N. The highest BCUT2D eigenvalue weighted by Gasteiger charge is 2.13. The summed E-state index contributed by atoms with van der Waals surface area (Å²) < 4.78 is 1.09. The molecular weight excluding hydrogens is 357 g/mol. The first-order valence-electron chi connectivity index (χ1n) is 6.44. The summed E-state index contributed by atoms with van der Waals surface area (Å²) in [6.07, 6.45) is 1.75. The molecule has 0 aliphatic rings. The smallest absolute Gasteiger partial charge is 0.0453 e. The highest BCUT2D eigenvalue weighted by molar-refractivity contribution is 9.10. The SMILES string of the molecule is CNC(Cc1ccc(Br)cc1)Cc1c(Cl)cccc1Cl. The average Bonchev–Trinajstić information content (AvgIpc) is 2.44. The van der Waals surface area contributed by atoms with E-state index >= 15 is 0 Å². The van der Waals surface area contributed by atoms with Crippen LogP contribution >= 0.6 is 39.1 Å². The molecule has 0 saturated heterocycles. The lowest BCUT2D eigenvalue weighted by Gasteiger charge is -2.18. The second kappa shape index (κ2) is 7.46. The van der Waals surface area contributed by atoms with E-state index in [0.717, 1.165) is 32.9 Å². The summed E-state index contributed by atoms with van der Waals surface area (Å²) in [6, 6.07) is 14.3. The molecule has 0 radical (unpaired) electrons. The van der Waals surface area contributed by atoms with Crippen molar-refractivity contribution in [3.05, 3.63) is 68.1 Å². The van der Waals surface area contributed by atoms with E-state index in [4.69, 9.17) is 23.2 Å². The van der Waals surface area contributed by atoms with Crippen LogP contribution in [0, 0.1) is 0 Å². The van der Waals surface area contributed by atoms with Crippen LogP contribution in [-0.2, 0) is 12.8 Å². The summed E-state index contributed by atoms with van der Waals surface area (Å²) in [4.78, 5) is 0. The van der Waals surface area contributed by atoms with Crippen LogP contribution in [0.3, 0.4) is 0 Å². The van der Waals surface area contributed by atoms with Crippen LogP contribution in [0.1, 0.15) is 11.1 Å². The van der Waals surface area contributed by atoms with Crippen LogP contribution in [0.25, 0.3) is 0 Å². The van der Waals surface area contributed by atoms with Gasteiger partial charge in [0.15, 0.2) is 0 Å². The van der Waals surface area contributed by atoms with Crippen molar-refractivity contribution in [1.29, 1.82) is 0 Å². The first-order valence-corrected chi connectivity index (χ1v) is 7.99. The van der Waals surface area contributed by atoms with Gasteiger partial charge in [-0.25, -0.2) is 0 Å². The third kappa shape index (κ3) is 4.23. The summed E-state index contributed by atoms with van der Waals surface area (Å²) >= 11 is 15.9. The fourth-order valence-corrected chi connectivity index (χ4v) is 2.97. The van der Waals surface area contributed by atoms with Gasteiger partial charge in [-0.15, -0.1) is 0 Å². The van der Waals surface area contributed by atoms with Crippen molar-refractivity contribution < 1.29 is 0 Å². The van der Waals surface area contributed by atoms with Crippen LogP contribution in [-0.4, -0.2) is 13.1 Å². The Morgan fingerprint density at radius 2 is 1.60 bits per heavy atom. The summed E-state index contributed by atoms with van der Waals surface area (Å²) in [5, 5.41) is 4.80. The molecule has 0 saturated carbocycles. The molecule has 2 aromatic rings. The molecule has 1 nitrogen and oxygen atoms in total. The molecule has 1 atom stereocenters. The average molecular weight is 373 g/mol. The third-order valence-corrected chi connectivity index (χ3v) is 4.55. The van der Waals surface area contributed by atoms with Gasteiger partial charge in [0.2, 0.25) is 0 Å². The van der Waals surface area contributed by atoms with Gasteiger partial charge in [-0.2, -0.15) is 0 Å². The van der Waals surface area contributed by atoms with E-state index in [1.807, 2.05) is 25.2 Å². The minimum Gasteiger partial charge on any atom is -0.316 e. The molecule has 106 valence electrons. The van der Waals surface area contributed by atoms with Gasteiger partial charge in [0.25, 0.3) is 0 Å². The Morgan fingerprint density at radius 1 is 1.00 bits per heavy atom. The number of nitrogens with one attached hydrogen (secondary N) is 1. The fourth-order valence-electron chi connectivity index (χ4n) is 2.16. The molecule has 0 aromatic heterocycles. The van der Waals surface area contributed by atoms with Crippen LogP contribution < -0.4 is 5.32 Å². The zero-order valence-electron chi connectivity index (χ0n) is 11.2. The predicted molar refractivity (Wildman–Crippen MR) is 90.9 cm³/mol. The third-order valence-electron chi connectivity index (χ3n) is 3.32. The van der Waals surface area contributed by atoms with Gasteiger partial charge in [0.05, 0.1) is 0 Å². The molecule has 2 rings (SSSR count). The van der Waals surface area contributed by atoms with Gasteiger partial charge in [-0.05, 0) is 55.3 Å². The van der Waals surface area contributed by atoms with Gasteiger partial charge in [-0.1, -0.05) is 57.3 Å². The lowest BCUT2D eigenvalue weighted by Crippen LogP contribution is -2.30. The van der Waals surface area contributed by atoms with E-state index in [9.17, 15) is 0 Å². The highest BCUT2D eigenvalue weighted by atomic mass is 79.9. The molecule has 0 aliphatic heterocycles. The molecule has 0 amide bonds. The van der Waals surface area contributed by atoms with E-state index in [1.54, 1.807) is 0 Å². The second-order valence-electron chi connectivity index (χ2n) is 4.72. The van der Waals surface area contributed by atoms with Gasteiger partial charge in [0.1, 0.15) is 0 Å². The summed E-state index contributed by atoms with van der Waals surface area (Å²) in [5.74, 6) is 0. The standard InChI is InChI=1S/C16H16BrCl2N/c1-20-13(9-11-5-7-12(17)8-6-11)10-14-15(18)3-2-4-16(14)19/h2-8,13,20H,9-10H2,1H3. The summed E-state index contributed by atoms with van der Waals surface area (Å²) in [6.45, 7) is 0. The molecule has 4 heteroatoms. The van der Waals surface area contributed by atoms with Gasteiger partial charge in [0, 0.05) is 20.6 Å². The molecule has 0 aliphatic carbocycles. The molecule has 1 N–H and O–H groups in total. The van der Waals surface area contributed by atoms with Crippen LogP contribution in [0.4, 0.5) is 0 Å². The fraction of sp³-hybridized carbons (Fsp3) is 0.250. The Hall–Kier alpha value is -0.540. The number of halogens is 3. The van der Waals surface area contributed by atoms with Crippen LogP contribution in [0.15, 0.2) is 46.9 Å². The summed E-state index contributed by atoms with van der Waals surface area (Å²) in [5.41, 5.74) is 2.29. The van der Waals surface area contributed by atoms with E-state index < -0.39 is 0 Å². The molecule has 0 heterocycles. The number of hydrogen-bond donors (Lipinski definition) is 1. The zero-order valence-corrected chi connectivity index (χ0v) is 14.3. The molecule has 0 fully saturated rings. The topological polar surface area (TPSA) is 12.0 Å².